The molecule has 0 amide bonds. The second-order valence-corrected chi connectivity index (χ2v) is 4.47. The normalized spacial score (nSPS) is 16.1. The van der Waals surface area contributed by atoms with E-state index < -0.39 is 0 Å². The van der Waals surface area contributed by atoms with Crippen LogP contribution in [0.4, 0.5) is 0 Å². The van der Waals surface area contributed by atoms with Crippen LogP contribution in [0.15, 0.2) is 24.8 Å². The van der Waals surface area contributed by atoms with Crippen LogP contribution in [0.3, 0.4) is 0 Å². The monoisotopic (exact) mass is 231 g/mol. The van der Waals surface area contributed by atoms with Crippen LogP contribution in [-0.4, -0.2) is 28.9 Å². The molecule has 0 bridgehead atoms. The molecule has 2 rings (SSSR count). The summed E-state index contributed by atoms with van der Waals surface area (Å²) in [4.78, 5) is 13.3. The maximum atomic E-state index is 11.2. The average Bonchev–Trinajstić information content (AvgIpc) is 2.33. The van der Waals surface area contributed by atoms with Gasteiger partial charge in [0.15, 0.2) is 0 Å². The summed E-state index contributed by atoms with van der Waals surface area (Å²) in [6, 6.07) is 5.56. The number of aromatic hydroxyl groups is 1. The SMILES string of the molecule is C=C(c1ccc(C)c(O)c1)N1CCC(=O)CC1. The van der Waals surface area contributed by atoms with Crippen LogP contribution in [0.5, 0.6) is 5.75 Å². The van der Waals surface area contributed by atoms with Crippen LogP contribution in [0, 0.1) is 6.92 Å². The van der Waals surface area contributed by atoms with Gasteiger partial charge in [-0.3, -0.25) is 4.79 Å². The number of hydrogen-bond donors (Lipinski definition) is 1. The van der Waals surface area contributed by atoms with Crippen molar-refractivity contribution in [2.45, 2.75) is 19.8 Å². The summed E-state index contributed by atoms with van der Waals surface area (Å²) < 4.78 is 0. The number of piperidine rings is 1. The first-order valence-electron chi connectivity index (χ1n) is 5.83. The number of phenols is 1. The molecule has 90 valence electrons. The molecular formula is C14H17NO2. The molecule has 0 unspecified atom stereocenters. The van der Waals surface area contributed by atoms with Gasteiger partial charge < -0.3 is 10.0 Å². The number of carbonyl (C=O) groups is 1. The molecular weight excluding hydrogens is 214 g/mol. The number of hydrogen-bond acceptors (Lipinski definition) is 3. The molecule has 1 fully saturated rings. The van der Waals surface area contributed by atoms with Crippen molar-refractivity contribution in [3.05, 3.63) is 35.9 Å². The fourth-order valence-corrected chi connectivity index (χ4v) is 2.00. The van der Waals surface area contributed by atoms with Crippen molar-refractivity contribution in [1.29, 1.82) is 0 Å². The van der Waals surface area contributed by atoms with Crippen molar-refractivity contribution in [1.82, 2.24) is 4.90 Å². The van der Waals surface area contributed by atoms with E-state index >= 15 is 0 Å². The highest BCUT2D eigenvalue weighted by Gasteiger charge is 2.18. The van der Waals surface area contributed by atoms with E-state index in [1.54, 1.807) is 6.07 Å². The Labute approximate surface area is 101 Å². The van der Waals surface area contributed by atoms with Gasteiger partial charge >= 0.3 is 0 Å². The highest BCUT2D eigenvalue weighted by Crippen LogP contribution is 2.25. The van der Waals surface area contributed by atoms with Crippen molar-refractivity contribution in [3.63, 3.8) is 0 Å². The lowest BCUT2D eigenvalue weighted by atomic mass is 10.0. The molecule has 0 saturated carbocycles. The standard InChI is InChI=1S/C14H17NO2/c1-10-3-4-12(9-14(10)17)11(2)15-7-5-13(16)6-8-15/h3-4,9,17H,2,5-8H2,1H3. The Kier molecular flexibility index (Phi) is 3.18. The maximum Gasteiger partial charge on any atom is 0.136 e. The number of carbonyl (C=O) groups excluding carboxylic acids is 1. The zero-order valence-electron chi connectivity index (χ0n) is 10.1. The highest BCUT2D eigenvalue weighted by molar-refractivity contribution is 5.80. The molecule has 1 heterocycles. The number of ketones is 1. The van der Waals surface area contributed by atoms with Gasteiger partial charge in [0.25, 0.3) is 0 Å². The average molecular weight is 231 g/mol. The summed E-state index contributed by atoms with van der Waals surface area (Å²) in [5.74, 6) is 0.609. The van der Waals surface area contributed by atoms with Crippen LogP contribution in [-0.2, 0) is 4.79 Å². The number of phenolic OH excluding ortho intramolecular Hbond substituents is 1. The van der Waals surface area contributed by atoms with E-state index in [2.05, 4.69) is 11.5 Å². The lowest BCUT2D eigenvalue weighted by Crippen LogP contribution is -2.32. The summed E-state index contributed by atoms with van der Waals surface area (Å²) in [5, 5.41) is 9.68. The number of Topliss-reactive ketones (excluding diaryl/α,β-unsaturated/α-hetero) is 1. The van der Waals surface area contributed by atoms with Gasteiger partial charge in [-0.05, 0) is 18.6 Å². The zero-order chi connectivity index (χ0) is 12.4. The summed E-state index contributed by atoms with van der Waals surface area (Å²) in [6.45, 7) is 7.37. The second-order valence-electron chi connectivity index (χ2n) is 4.47. The lowest BCUT2D eigenvalue weighted by molar-refractivity contribution is -0.120. The van der Waals surface area contributed by atoms with Gasteiger partial charge in [0.1, 0.15) is 11.5 Å². The molecule has 1 saturated heterocycles. The smallest absolute Gasteiger partial charge is 0.136 e. The van der Waals surface area contributed by atoms with E-state index in [0.29, 0.717) is 18.6 Å². The largest absolute Gasteiger partial charge is 0.508 e. The van der Waals surface area contributed by atoms with E-state index in [9.17, 15) is 9.90 Å². The van der Waals surface area contributed by atoms with Gasteiger partial charge in [0.05, 0.1) is 0 Å². The van der Waals surface area contributed by atoms with E-state index in [4.69, 9.17) is 0 Å². The molecule has 1 aliphatic rings. The topological polar surface area (TPSA) is 40.5 Å². The molecule has 17 heavy (non-hydrogen) atoms. The summed E-state index contributed by atoms with van der Waals surface area (Å²) in [7, 11) is 0. The Bertz CT molecular complexity index is 455. The summed E-state index contributed by atoms with van der Waals surface area (Å²) in [6.07, 6.45) is 1.19. The molecule has 0 spiro atoms. The molecule has 1 N–H and O–H groups in total. The van der Waals surface area contributed by atoms with Gasteiger partial charge in [0, 0.05) is 37.2 Å². The summed E-state index contributed by atoms with van der Waals surface area (Å²) in [5.41, 5.74) is 2.66. The minimum atomic E-state index is 0.289. The summed E-state index contributed by atoms with van der Waals surface area (Å²) >= 11 is 0. The van der Waals surface area contributed by atoms with Crippen LogP contribution in [0.2, 0.25) is 0 Å². The van der Waals surface area contributed by atoms with Crippen molar-refractivity contribution in [2.24, 2.45) is 0 Å². The number of likely N-dealkylation sites (tertiary alicyclic amines) is 1. The minimum absolute atomic E-state index is 0.289. The predicted molar refractivity (Wildman–Crippen MR) is 67.7 cm³/mol. The van der Waals surface area contributed by atoms with E-state index in [1.165, 1.54) is 0 Å². The third-order valence-electron chi connectivity index (χ3n) is 3.25. The number of aryl methyl sites for hydroxylation is 1. The first-order valence-corrected chi connectivity index (χ1v) is 5.83. The molecule has 3 heteroatoms. The first-order chi connectivity index (χ1) is 8.08. The van der Waals surface area contributed by atoms with E-state index in [-0.39, 0.29) is 5.75 Å². The van der Waals surface area contributed by atoms with Crippen molar-refractivity contribution < 1.29 is 9.90 Å². The van der Waals surface area contributed by atoms with Crippen LogP contribution >= 0.6 is 0 Å². The number of rotatable bonds is 2. The van der Waals surface area contributed by atoms with Gasteiger partial charge in [0.2, 0.25) is 0 Å². The highest BCUT2D eigenvalue weighted by atomic mass is 16.3. The van der Waals surface area contributed by atoms with E-state index in [1.807, 2.05) is 19.1 Å². The molecule has 0 aliphatic carbocycles. The quantitative estimate of drug-likeness (QED) is 0.849. The van der Waals surface area contributed by atoms with Crippen LogP contribution in [0.25, 0.3) is 5.70 Å². The Hall–Kier alpha value is -1.77. The van der Waals surface area contributed by atoms with Gasteiger partial charge in [-0.25, -0.2) is 0 Å². The van der Waals surface area contributed by atoms with Gasteiger partial charge in [-0.1, -0.05) is 18.7 Å². The molecule has 1 aliphatic heterocycles. The number of nitrogens with zero attached hydrogens (tertiary/aromatic N) is 1. The Morgan fingerprint density at radius 1 is 1.35 bits per heavy atom. The van der Waals surface area contributed by atoms with E-state index in [0.717, 1.165) is 29.9 Å². The first kappa shape index (κ1) is 11.7. The lowest BCUT2D eigenvalue weighted by Gasteiger charge is -2.30. The fraction of sp³-hybridized carbons (Fsp3) is 0.357. The Morgan fingerprint density at radius 2 is 2.00 bits per heavy atom. The minimum Gasteiger partial charge on any atom is -0.508 e. The van der Waals surface area contributed by atoms with Crippen molar-refractivity contribution in [2.75, 3.05) is 13.1 Å². The molecule has 0 atom stereocenters. The van der Waals surface area contributed by atoms with Crippen LogP contribution < -0.4 is 0 Å². The van der Waals surface area contributed by atoms with Crippen molar-refractivity contribution >= 4 is 11.5 Å². The molecule has 0 aromatic heterocycles. The van der Waals surface area contributed by atoms with Gasteiger partial charge in [-0.2, -0.15) is 0 Å². The predicted octanol–water partition coefficient (Wildman–Crippen LogP) is 2.34. The fourth-order valence-electron chi connectivity index (χ4n) is 2.00. The van der Waals surface area contributed by atoms with Crippen LogP contribution in [0.1, 0.15) is 24.0 Å². The Balaban J connectivity index is 2.14. The maximum absolute atomic E-state index is 11.2. The zero-order valence-corrected chi connectivity index (χ0v) is 10.1. The third kappa shape index (κ3) is 2.49. The molecule has 3 nitrogen and oxygen atoms in total. The molecule has 1 aromatic carbocycles. The second kappa shape index (κ2) is 4.62. The van der Waals surface area contributed by atoms with Crippen molar-refractivity contribution in [3.8, 4) is 5.75 Å². The molecule has 0 radical (unpaired) electrons. The third-order valence-corrected chi connectivity index (χ3v) is 3.25. The van der Waals surface area contributed by atoms with Gasteiger partial charge in [-0.15, -0.1) is 0 Å². The number of benzene rings is 1. The molecule has 1 aromatic rings. The Morgan fingerprint density at radius 3 is 2.59 bits per heavy atom.